The Morgan fingerprint density at radius 2 is 2.27 bits per heavy atom. The van der Waals surface area contributed by atoms with Gasteiger partial charge in [0.25, 0.3) is 0 Å². The highest BCUT2D eigenvalue weighted by molar-refractivity contribution is 5.73. The molecule has 0 saturated carbocycles. The average molecular weight is 154 g/mol. The van der Waals surface area contributed by atoms with Crippen molar-refractivity contribution in [2.75, 3.05) is 0 Å². The molecule has 0 fully saturated rings. The van der Waals surface area contributed by atoms with Gasteiger partial charge in [-0.05, 0) is 12.2 Å². The van der Waals surface area contributed by atoms with Crippen LogP contribution in [0.25, 0.3) is 0 Å². The van der Waals surface area contributed by atoms with Crippen molar-refractivity contribution < 1.29 is 9.90 Å². The summed E-state index contributed by atoms with van der Waals surface area (Å²) in [6, 6.07) is 0. The summed E-state index contributed by atoms with van der Waals surface area (Å²) in [6.45, 7) is 0. The zero-order chi connectivity index (χ0) is 8.43. The van der Waals surface area contributed by atoms with E-state index in [1.165, 1.54) is 6.08 Å². The number of carboxylic acids is 1. The van der Waals surface area contributed by atoms with Gasteiger partial charge in [0, 0.05) is 17.8 Å². The van der Waals surface area contributed by atoms with Crippen LogP contribution in [-0.2, 0) is 4.79 Å². The van der Waals surface area contributed by atoms with Gasteiger partial charge in [-0.15, -0.1) is 0 Å². The maximum absolute atomic E-state index is 10.5. The Balaban J connectivity index is 2.79. The number of allylic oxidation sites excluding steroid dienone is 2. The minimum atomic E-state index is -0.885. The quantitative estimate of drug-likeness (QED) is 0.487. The van der Waals surface area contributed by atoms with E-state index in [0.29, 0.717) is 17.8 Å². The van der Waals surface area contributed by atoms with Crippen LogP contribution in [0, 0.1) is 5.92 Å². The molecule has 0 bridgehead atoms. The van der Waals surface area contributed by atoms with Gasteiger partial charge >= 0.3 is 5.97 Å². The molecule has 1 rings (SSSR count). The van der Waals surface area contributed by atoms with E-state index < -0.39 is 11.9 Å². The van der Waals surface area contributed by atoms with Crippen molar-refractivity contribution in [2.24, 2.45) is 17.4 Å². The lowest BCUT2D eigenvalue weighted by molar-refractivity contribution is -0.140. The molecule has 0 saturated heterocycles. The molecule has 0 amide bonds. The Bertz CT molecular complexity index is 243. The fourth-order valence-corrected chi connectivity index (χ4v) is 1.02. The van der Waals surface area contributed by atoms with Gasteiger partial charge in [-0.25, -0.2) is 0 Å². The van der Waals surface area contributed by atoms with Crippen LogP contribution in [-0.4, -0.2) is 11.1 Å². The second-order valence-corrected chi connectivity index (χ2v) is 2.53. The number of hydrogen-bond donors (Lipinski definition) is 3. The minimum Gasteiger partial charge on any atom is -0.481 e. The Labute approximate surface area is 64.2 Å². The van der Waals surface area contributed by atoms with Crippen LogP contribution in [0.1, 0.15) is 6.42 Å². The summed E-state index contributed by atoms with van der Waals surface area (Å²) in [5, 5.41) is 8.59. The summed E-state index contributed by atoms with van der Waals surface area (Å²) in [5.41, 5.74) is 11.8. The fraction of sp³-hybridized carbons (Fsp3) is 0.286. The molecular weight excluding hydrogens is 144 g/mol. The maximum Gasteiger partial charge on any atom is 0.310 e. The summed E-state index contributed by atoms with van der Waals surface area (Å²) in [6.07, 6.45) is 3.44. The first-order valence-corrected chi connectivity index (χ1v) is 3.25. The smallest absolute Gasteiger partial charge is 0.310 e. The predicted octanol–water partition coefficient (Wildman–Crippen LogP) is -0.224. The highest BCUT2D eigenvalue weighted by Gasteiger charge is 2.18. The lowest BCUT2D eigenvalue weighted by atomic mass is 9.97. The Kier molecular flexibility index (Phi) is 1.85. The van der Waals surface area contributed by atoms with Crippen LogP contribution in [0.2, 0.25) is 0 Å². The molecule has 1 aliphatic carbocycles. The molecule has 1 atom stereocenters. The molecule has 0 aromatic carbocycles. The van der Waals surface area contributed by atoms with E-state index >= 15 is 0 Å². The van der Waals surface area contributed by atoms with Crippen molar-refractivity contribution in [2.45, 2.75) is 6.42 Å². The van der Waals surface area contributed by atoms with Crippen LogP contribution >= 0.6 is 0 Å². The molecule has 60 valence electrons. The van der Waals surface area contributed by atoms with Crippen molar-refractivity contribution in [1.82, 2.24) is 0 Å². The maximum atomic E-state index is 10.5. The van der Waals surface area contributed by atoms with Gasteiger partial charge < -0.3 is 16.6 Å². The number of hydrogen-bond acceptors (Lipinski definition) is 3. The van der Waals surface area contributed by atoms with Crippen molar-refractivity contribution in [1.29, 1.82) is 0 Å². The van der Waals surface area contributed by atoms with Crippen molar-refractivity contribution >= 4 is 5.97 Å². The van der Waals surface area contributed by atoms with Crippen LogP contribution in [0.5, 0.6) is 0 Å². The van der Waals surface area contributed by atoms with E-state index in [9.17, 15) is 4.79 Å². The second kappa shape index (κ2) is 2.65. The fourth-order valence-electron chi connectivity index (χ4n) is 1.02. The van der Waals surface area contributed by atoms with Crippen LogP contribution in [0.15, 0.2) is 23.5 Å². The summed E-state index contributed by atoms with van der Waals surface area (Å²) in [7, 11) is 0. The van der Waals surface area contributed by atoms with Crippen molar-refractivity contribution in [3.8, 4) is 0 Å². The van der Waals surface area contributed by atoms with E-state index in [1.54, 1.807) is 6.08 Å². The topological polar surface area (TPSA) is 89.3 Å². The molecule has 5 N–H and O–H groups in total. The molecule has 0 aromatic rings. The number of rotatable bonds is 1. The number of carboxylic acid groups (broad SMARTS) is 1. The van der Waals surface area contributed by atoms with E-state index in [4.69, 9.17) is 16.6 Å². The molecule has 0 radical (unpaired) electrons. The number of nitrogens with two attached hydrogens (primary N) is 2. The molecule has 0 aromatic heterocycles. The summed E-state index contributed by atoms with van der Waals surface area (Å²) in [5.74, 6) is -1.44. The SMILES string of the molecule is NC1=CC(C(=O)O)CC(N)=C1. The second-order valence-electron chi connectivity index (χ2n) is 2.53. The summed E-state index contributed by atoms with van der Waals surface area (Å²) < 4.78 is 0. The highest BCUT2D eigenvalue weighted by atomic mass is 16.4. The van der Waals surface area contributed by atoms with Crippen molar-refractivity contribution in [3.63, 3.8) is 0 Å². The standard InChI is InChI=1S/C7H10N2O2/c8-5-1-4(7(10)11)2-6(9)3-5/h1,3-4H,2,8-9H2,(H,10,11). The van der Waals surface area contributed by atoms with E-state index in [2.05, 4.69) is 0 Å². The Morgan fingerprint density at radius 1 is 1.64 bits per heavy atom. The molecule has 0 aliphatic heterocycles. The third kappa shape index (κ3) is 1.73. The molecular formula is C7H10N2O2. The number of carbonyl (C=O) groups is 1. The molecule has 1 unspecified atom stereocenters. The summed E-state index contributed by atoms with van der Waals surface area (Å²) >= 11 is 0. The monoisotopic (exact) mass is 154 g/mol. The van der Waals surface area contributed by atoms with Gasteiger partial charge in [-0.1, -0.05) is 0 Å². The third-order valence-electron chi connectivity index (χ3n) is 1.52. The largest absolute Gasteiger partial charge is 0.481 e. The lowest BCUT2D eigenvalue weighted by Gasteiger charge is -2.13. The normalized spacial score (nSPS) is 23.8. The van der Waals surface area contributed by atoms with E-state index in [-0.39, 0.29) is 0 Å². The molecule has 0 spiro atoms. The first-order valence-electron chi connectivity index (χ1n) is 3.25. The van der Waals surface area contributed by atoms with Gasteiger partial charge in [0.1, 0.15) is 0 Å². The zero-order valence-electron chi connectivity index (χ0n) is 5.95. The highest BCUT2D eigenvalue weighted by Crippen LogP contribution is 2.17. The van der Waals surface area contributed by atoms with Gasteiger partial charge in [0.05, 0.1) is 5.92 Å². The van der Waals surface area contributed by atoms with Crippen LogP contribution in [0.3, 0.4) is 0 Å². The minimum absolute atomic E-state index is 0.357. The van der Waals surface area contributed by atoms with Crippen LogP contribution < -0.4 is 11.5 Å². The number of aliphatic carboxylic acids is 1. The van der Waals surface area contributed by atoms with E-state index in [0.717, 1.165) is 0 Å². The van der Waals surface area contributed by atoms with Crippen LogP contribution in [0.4, 0.5) is 0 Å². The van der Waals surface area contributed by atoms with Gasteiger partial charge in [0.15, 0.2) is 0 Å². The first-order chi connectivity index (χ1) is 5.09. The predicted molar refractivity (Wildman–Crippen MR) is 40.3 cm³/mol. The zero-order valence-corrected chi connectivity index (χ0v) is 5.95. The van der Waals surface area contributed by atoms with Gasteiger partial charge in [-0.2, -0.15) is 0 Å². The van der Waals surface area contributed by atoms with Crippen molar-refractivity contribution in [3.05, 3.63) is 23.5 Å². The van der Waals surface area contributed by atoms with E-state index in [1.807, 2.05) is 0 Å². The summed E-state index contributed by atoms with van der Waals surface area (Å²) in [4.78, 5) is 10.5. The molecule has 11 heavy (non-hydrogen) atoms. The lowest BCUT2D eigenvalue weighted by Crippen LogP contribution is -2.20. The third-order valence-corrected chi connectivity index (χ3v) is 1.52. The van der Waals surface area contributed by atoms with Gasteiger partial charge in [0.2, 0.25) is 0 Å². The first kappa shape index (κ1) is 7.65. The van der Waals surface area contributed by atoms with Gasteiger partial charge in [-0.3, -0.25) is 4.79 Å². The molecule has 0 heterocycles. The Morgan fingerprint density at radius 3 is 2.73 bits per heavy atom. The molecule has 4 heteroatoms. The molecule has 4 nitrogen and oxygen atoms in total. The average Bonchev–Trinajstić information content (AvgIpc) is 1.85. The Hall–Kier alpha value is -1.45. The molecule has 1 aliphatic rings.